The minimum atomic E-state index is -1.27. The SMILES string of the molecule is O=C(c1ccc(F)c(F)c1Nc1ccc(I)cc1F)N1CC(O)(CNCC2CCNCC2)C1. The van der Waals surface area contributed by atoms with Crippen LogP contribution in [0.5, 0.6) is 0 Å². The van der Waals surface area contributed by atoms with Gasteiger partial charge in [-0.05, 0) is 91.3 Å². The number of nitrogens with zero attached hydrogens (tertiary/aromatic N) is 1. The van der Waals surface area contributed by atoms with Crippen LogP contribution < -0.4 is 16.0 Å². The summed E-state index contributed by atoms with van der Waals surface area (Å²) in [7, 11) is 0. The van der Waals surface area contributed by atoms with E-state index in [-0.39, 0.29) is 24.3 Å². The standard InChI is InChI=1S/C23H26F3IN4O2/c24-17-3-2-16(21(20(17)26)30-19-4-1-15(27)9-18(19)25)22(32)31-12-23(33,13-31)11-29-10-14-5-7-28-8-6-14/h1-4,9,14,28-30,33H,5-8,10-13H2. The molecular weight excluding hydrogens is 548 g/mol. The molecule has 0 aliphatic carbocycles. The highest BCUT2D eigenvalue weighted by molar-refractivity contribution is 14.1. The van der Waals surface area contributed by atoms with Crippen LogP contribution in [-0.4, -0.2) is 60.8 Å². The molecule has 2 heterocycles. The second kappa shape index (κ2) is 10.2. The lowest BCUT2D eigenvalue weighted by atomic mass is 9.92. The van der Waals surface area contributed by atoms with E-state index in [1.54, 1.807) is 6.07 Å². The van der Waals surface area contributed by atoms with Crippen LogP contribution in [0.3, 0.4) is 0 Å². The van der Waals surface area contributed by atoms with Crippen molar-refractivity contribution in [3.05, 3.63) is 56.9 Å². The first-order chi connectivity index (χ1) is 15.8. The topological polar surface area (TPSA) is 76.6 Å². The summed E-state index contributed by atoms with van der Waals surface area (Å²) in [6.07, 6.45) is 2.17. The first kappa shape index (κ1) is 24.2. The van der Waals surface area contributed by atoms with Crippen molar-refractivity contribution in [1.29, 1.82) is 0 Å². The van der Waals surface area contributed by atoms with Gasteiger partial charge in [-0.25, -0.2) is 13.2 Å². The predicted octanol–water partition coefficient (Wildman–Crippen LogP) is 3.23. The van der Waals surface area contributed by atoms with E-state index < -0.39 is 34.6 Å². The summed E-state index contributed by atoms with van der Waals surface area (Å²) in [4.78, 5) is 14.4. The van der Waals surface area contributed by atoms with Gasteiger partial charge in [0, 0.05) is 10.1 Å². The third kappa shape index (κ3) is 5.61. The zero-order valence-corrected chi connectivity index (χ0v) is 20.1. The van der Waals surface area contributed by atoms with Crippen LogP contribution in [0.4, 0.5) is 24.5 Å². The molecule has 6 nitrogen and oxygen atoms in total. The summed E-state index contributed by atoms with van der Waals surface area (Å²) < 4.78 is 43.4. The molecule has 0 atom stereocenters. The Labute approximate surface area is 204 Å². The molecule has 0 aromatic heterocycles. The monoisotopic (exact) mass is 574 g/mol. The molecule has 2 aromatic carbocycles. The summed E-state index contributed by atoms with van der Waals surface area (Å²) in [6.45, 7) is 3.28. The number of aliphatic hydroxyl groups is 1. The first-order valence-corrected chi connectivity index (χ1v) is 12.0. The molecule has 4 N–H and O–H groups in total. The van der Waals surface area contributed by atoms with Crippen molar-refractivity contribution in [3.8, 4) is 0 Å². The molecule has 10 heteroatoms. The number of hydrogen-bond donors (Lipinski definition) is 4. The number of rotatable bonds is 7. The number of β-amino-alcohol motifs (C(OH)–C–C–N with tert-alkyl or cyclic N) is 1. The number of likely N-dealkylation sites (tertiary alicyclic amines) is 1. The lowest BCUT2D eigenvalue weighted by molar-refractivity contribution is -0.0788. The number of halogens is 4. The Morgan fingerprint density at radius 3 is 2.58 bits per heavy atom. The summed E-state index contributed by atoms with van der Waals surface area (Å²) >= 11 is 1.93. The number of benzene rings is 2. The van der Waals surface area contributed by atoms with Gasteiger partial charge in [0.05, 0.1) is 30.0 Å². The minimum Gasteiger partial charge on any atom is -0.385 e. The molecule has 0 saturated carbocycles. The van der Waals surface area contributed by atoms with Crippen LogP contribution in [0.15, 0.2) is 30.3 Å². The molecule has 178 valence electrons. The van der Waals surface area contributed by atoms with Crippen LogP contribution in [0.1, 0.15) is 23.2 Å². The van der Waals surface area contributed by atoms with E-state index in [4.69, 9.17) is 0 Å². The van der Waals surface area contributed by atoms with Crippen molar-refractivity contribution in [2.45, 2.75) is 18.4 Å². The maximum absolute atomic E-state index is 14.6. The molecule has 0 radical (unpaired) electrons. The van der Waals surface area contributed by atoms with E-state index in [1.807, 2.05) is 22.6 Å². The smallest absolute Gasteiger partial charge is 0.256 e. The Balaban J connectivity index is 1.41. The minimum absolute atomic E-state index is 0.0708. The fraction of sp³-hybridized carbons (Fsp3) is 0.435. The quantitative estimate of drug-likeness (QED) is 0.383. The second-order valence-corrected chi connectivity index (χ2v) is 9.99. The maximum Gasteiger partial charge on any atom is 0.256 e. The molecule has 2 fully saturated rings. The number of hydrogen-bond acceptors (Lipinski definition) is 5. The third-order valence-electron chi connectivity index (χ3n) is 6.12. The van der Waals surface area contributed by atoms with Gasteiger partial charge in [0.25, 0.3) is 5.91 Å². The summed E-state index contributed by atoms with van der Waals surface area (Å²) in [5.74, 6) is -3.07. The molecule has 1 amide bonds. The lowest BCUT2D eigenvalue weighted by Gasteiger charge is -2.47. The average molecular weight is 574 g/mol. The Hall–Kier alpha value is -1.89. The van der Waals surface area contributed by atoms with Crippen molar-refractivity contribution in [2.24, 2.45) is 5.92 Å². The number of anilines is 2. The van der Waals surface area contributed by atoms with E-state index in [0.29, 0.717) is 16.0 Å². The van der Waals surface area contributed by atoms with Crippen LogP contribution >= 0.6 is 22.6 Å². The van der Waals surface area contributed by atoms with Gasteiger partial charge in [0.15, 0.2) is 11.6 Å². The maximum atomic E-state index is 14.6. The average Bonchev–Trinajstić information content (AvgIpc) is 2.77. The van der Waals surface area contributed by atoms with Gasteiger partial charge in [0.1, 0.15) is 11.4 Å². The Morgan fingerprint density at radius 2 is 1.88 bits per heavy atom. The highest BCUT2D eigenvalue weighted by Crippen LogP contribution is 2.31. The summed E-state index contributed by atoms with van der Waals surface area (Å²) in [6, 6.07) is 6.28. The van der Waals surface area contributed by atoms with Crippen LogP contribution in [0, 0.1) is 26.9 Å². The third-order valence-corrected chi connectivity index (χ3v) is 6.79. The van der Waals surface area contributed by atoms with Crippen molar-refractivity contribution < 1.29 is 23.1 Å². The molecule has 2 aliphatic heterocycles. The fourth-order valence-electron chi connectivity index (χ4n) is 4.26. The number of carbonyl (C=O) groups excluding carboxylic acids is 1. The van der Waals surface area contributed by atoms with Crippen molar-refractivity contribution in [2.75, 3.05) is 44.6 Å². The number of amides is 1. The molecule has 0 spiro atoms. The van der Waals surface area contributed by atoms with Crippen molar-refractivity contribution >= 4 is 39.9 Å². The molecule has 4 rings (SSSR count). The lowest BCUT2D eigenvalue weighted by Crippen LogP contribution is -2.67. The predicted molar refractivity (Wildman–Crippen MR) is 128 cm³/mol. The molecular formula is C23H26F3IN4O2. The molecule has 0 bridgehead atoms. The number of nitrogens with one attached hydrogen (secondary N) is 3. The van der Waals surface area contributed by atoms with E-state index in [1.165, 1.54) is 23.1 Å². The number of carbonyl (C=O) groups is 1. The Morgan fingerprint density at radius 1 is 1.15 bits per heavy atom. The van der Waals surface area contributed by atoms with Gasteiger partial charge in [0.2, 0.25) is 0 Å². The molecule has 2 aliphatic rings. The van der Waals surface area contributed by atoms with E-state index in [2.05, 4.69) is 16.0 Å². The summed E-state index contributed by atoms with van der Waals surface area (Å²) in [5, 5.41) is 19.8. The van der Waals surface area contributed by atoms with Gasteiger partial charge in [-0.15, -0.1) is 0 Å². The van der Waals surface area contributed by atoms with E-state index >= 15 is 0 Å². The Bertz CT molecular complexity index is 1030. The van der Waals surface area contributed by atoms with Crippen LogP contribution in [-0.2, 0) is 0 Å². The zero-order valence-electron chi connectivity index (χ0n) is 17.9. The van der Waals surface area contributed by atoms with Gasteiger partial charge in [-0.2, -0.15) is 0 Å². The van der Waals surface area contributed by atoms with Gasteiger partial charge < -0.3 is 26.0 Å². The highest BCUT2D eigenvalue weighted by Gasteiger charge is 2.44. The molecule has 33 heavy (non-hydrogen) atoms. The van der Waals surface area contributed by atoms with E-state index in [0.717, 1.165) is 38.5 Å². The van der Waals surface area contributed by atoms with Gasteiger partial charge in [-0.3, -0.25) is 4.79 Å². The molecule has 2 saturated heterocycles. The zero-order chi connectivity index (χ0) is 23.6. The van der Waals surface area contributed by atoms with Gasteiger partial charge >= 0.3 is 0 Å². The van der Waals surface area contributed by atoms with E-state index in [9.17, 15) is 23.1 Å². The second-order valence-electron chi connectivity index (χ2n) is 8.74. The summed E-state index contributed by atoms with van der Waals surface area (Å²) in [5.41, 5.74) is -1.70. The first-order valence-electron chi connectivity index (χ1n) is 10.9. The van der Waals surface area contributed by atoms with Crippen molar-refractivity contribution in [1.82, 2.24) is 15.5 Å². The normalized spacial score (nSPS) is 18.2. The Kier molecular flexibility index (Phi) is 7.46. The van der Waals surface area contributed by atoms with Crippen molar-refractivity contribution in [3.63, 3.8) is 0 Å². The molecule has 0 unspecified atom stereocenters. The molecule has 2 aromatic rings. The van der Waals surface area contributed by atoms with Crippen LogP contribution in [0.25, 0.3) is 0 Å². The van der Waals surface area contributed by atoms with Crippen LogP contribution in [0.2, 0.25) is 0 Å². The highest BCUT2D eigenvalue weighted by atomic mass is 127. The fourth-order valence-corrected chi connectivity index (χ4v) is 4.71. The largest absolute Gasteiger partial charge is 0.385 e. The number of piperidine rings is 1. The van der Waals surface area contributed by atoms with Gasteiger partial charge in [-0.1, -0.05) is 0 Å².